The predicted octanol–water partition coefficient (Wildman–Crippen LogP) is 3.94. The molecule has 0 bridgehead atoms. The van der Waals surface area contributed by atoms with Gasteiger partial charge in [-0.1, -0.05) is 17.7 Å². The van der Waals surface area contributed by atoms with Crippen molar-refractivity contribution in [1.82, 2.24) is 3.97 Å². The van der Waals surface area contributed by atoms with Gasteiger partial charge in [0.1, 0.15) is 5.82 Å². The monoisotopic (exact) mass is 301 g/mol. The average molecular weight is 301 g/mol. The second-order valence-electron chi connectivity index (χ2n) is 5.26. The molecule has 0 aliphatic rings. The Morgan fingerprint density at radius 3 is 2.43 bits per heavy atom. The van der Waals surface area contributed by atoms with E-state index in [1.165, 1.54) is 6.07 Å². The molecular formula is C17H16FNOS. The first kappa shape index (κ1) is 13.9. The summed E-state index contributed by atoms with van der Waals surface area (Å²) in [6.45, 7) is 3.69. The van der Waals surface area contributed by atoms with Crippen molar-refractivity contribution in [2.24, 2.45) is 0 Å². The van der Waals surface area contributed by atoms with E-state index in [1.54, 1.807) is 35.3 Å². The highest BCUT2D eigenvalue weighted by Crippen LogP contribution is 2.24. The van der Waals surface area contributed by atoms with Gasteiger partial charge in [0, 0.05) is 16.5 Å². The van der Waals surface area contributed by atoms with E-state index in [2.05, 4.69) is 5.87 Å². The molecule has 0 radical (unpaired) electrons. The molecule has 0 spiro atoms. The van der Waals surface area contributed by atoms with E-state index < -0.39 is 9.71 Å². The minimum Gasteiger partial charge on any atom is -0.271 e. The molecule has 3 aromatic rings. The topological polar surface area (TPSA) is 22.0 Å². The third-order valence-electron chi connectivity index (χ3n) is 3.64. The van der Waals surface area contributed by atoms with E-state index in [1.807, 2.05) is 25.1 Å². The minimum absolute atomic E-state index is 0.304. The van der Waals surface area contributed by atoms with Crippen LogP contribution in [0.3, 0.4) is 0 Å². The van der Waals surface area contributed by atoms with Gasteiger partial charge in [0.25, 0.3) is 0 Å². The van der Waals surface area contributed by atoms with Gasteiger partial charge in [-0.3, -0.25) is 3.97 Å². The number of aromatic nitrogens is 1. The molecule has 0 aliphatic heterocycles. The third kappa shape index (κ3) is 2.25. The van der Waals surface area contributed by atoms with Crippen LogP contribution in [0.25, 0.3) is 10.9 Å². The van der Waals surface area contributed by atoms with Crippen LogP contribution in [0, 0.1) is 19.7 Å². The fourth-order valence-corrected chi connectivity index (χ4v) is 3.89. The van der Waals surface area contributed by atoms with E-state index in [-0.39, 0.29) is 5.82 Å². The third-order valence-corrected chi connectivity index (χ3v) is 5.60. The van der Waals surface area contributed by atoms with Crippen molar-refractivity contribution >= 4 is 26.5 Å². The summed E-state index contributed by atoms with van der Waals surface area (Å²) in [6, 6.07) is 12.4. The van der Waals surface area contributed by atoms with Crippen LogP contribution in [0.4, 0.5) is 4.39 Å². The molecule has 1 unspecified atom stereocenters. The number of nitrogens with zero attached hydrogens (tertiary/aromatic N) is 1. The molecule has 0 saturated carbocycles. The number of halogens is 1. The van der Waals surface area contributed by atoms with Crippen molar-refractivity contribution in [2.75, 3.05) is 0 Å². The van der Waals surface area contributed by atoms with Gasteiger partial charge in [-0.25, -0.2) is 8.60 Å². The molecule has 0 N–H and O–H groups in total. The first-order chi connectivity index (χ1) is 9.89. The van der Waals surface area contributed by atoms with Crippen LogP contribution in [-0.4, -0.2) is 14.1 Å². The van der Waals surface area contributed by atoms with Crippen LogP contribution < -0.4 is 0 Å². The molecule has 2 aromatic carbocycles. The molecule has 0 amide bonds. The fourth-order valence-electron chi connectivity index (χ4n) is 2.37. The predicted molar refractivity (Wildman–Crippen MR) is 86.7 cm³/mol. The largest absolute Gasteiger partial charge is 0.271 e. The quantitative estimate of drug-likeness (QED) is 0.657. The average Bonchev–Trinajstić information content (AvgIpc) is 2.83. The highest BCUT2D eigenvalue weighted by atomic mass is 32.2. The van der Waals surface area contributed by atoms with Crippen LogP contribution in [0.5, 0.6) is 0 Å². The summed E-state index contributed by atoms with van der Waals surface area (Å²) in [4.78, 5) is 0.631. The Balaban J connectivity index is 2.24. The Morgan fingerprint density at radius 1 is 1.10 bits per heavy atom. The van der Waals surface area contributed by atoms with Crippen molar-refractivity contribution in [3.05, 3.63) is 65.6 Å². The van der Waals surface area contributed by atoms with E-state index in [9.17, 15) is 8.60 Å². The summed E-state index contributed by atoms with van der Waals surface area (Å²) in [7, 11) is -2.72. The highest BCUT2D eigenvalue weighted by Gasteiger charge is 2.14. The molecule has 0 aliphatic carbocycles. The fraction of sp³-hybridized carbons (Fsp3) is 0.118. The van der Waals surface area contributed by atoms with Gasteiger partial charge in [-0.15, -0.1) is 0 Å². The molecule has 1 aromatic heterocycles. The summed E-state index contributed by atoms with van der Waals surface area (Å²) in [5.74, 6) is 3.58. The summed E-state index contributed by atoms with van der Waals surface area (Å²) in [5, 5.41) is 0.859. The SMILES string of the molecule is C=S(=O)(c1ccc(C)cc1)n1ccc2cc(C)c(F)cc21. The molecule has 3 rings (SSSR count). The van der Waals surface area contributed by atoms with Gasteiger partial charge in [0.05, 0.1) is 15.2 Å². The standard InChI is InChI=1S/C17H16FNOS/c1-12-4-6-15(7-5-12)21(3,20)19-9-8-14-10-13(2)16(18)11-17(14)19/h4-11H,3H2,1-2H3. The Labute approximate surface area is 124 Å². The lowest BCUT2D eigenvalue weighted by molar-refractivity contribution is 0.620. The zero-order chi connectivity index (χ0) is 15.2. The molecule has 2 nitrogen and oxygen atoms in total. The molecule has 4 heteroatoms. The minimum atomic E-state index is -2.72. The van der Waals surface area contributed by atoms with Gasteiger partial charge in [0.15, 0.2) is 0 Å². The number of rotatable bonds is 2. The first-order valence-electron chi connectivity index (χ1n) is 6.61. The Bertz CT molecular complexity index is 921. The van der Waals surface area contributed by atoms with Crippen molar-refractivity contribution in [3.8, 4) is 0 Å². The van der Waals surface area contributed by atoms with Gasteiger partial charge in [0.2, 0.25) is 0 Å². The van der Waals surface area contributed by atoms with E-state index in [4.69, 9.17) is 0 Å². The number of fused-ring (bicyclic) bond motifs is 1. The molecular weight excluding hydrogens is 285 g/mol. The smallest absolute Gasteiger partial charge is 0.128 e. The zero-order valence-corrected chi connectivity index (χ0v) is 12.8. The van der Waals surface area contributed by atoms with Crippen LogP contribution in [-0.2, 0) is 9.71 Å². The summed E-state index contributed by atoms with van der Waals surface area (Å²) in [5.41, 5.74) is 2.26. The lowest BCUT2D eigenvalue weighted by Crippen LogP contribution is -2.11. The lowest BCUT2D eigenvalue weighted by atomic mass is 10.2. The van der Waals surface area contributed by atoms with E-state index in [0.717, 1.165) is 10.9 Å². The number of benzene rings is 2. The summed E-state index contributed by atoms with van der Waals surface area (Å²) in [6.07, 6.45) is 1.71. The maximum absolute atomic E-state index is 13.8. The lowest BCUT2D eigenvalue weighted by Gasteiger charge is -2.13. The highest BCUT2D eigenvalue weighted by molar-refractivity contribution is 7.99. The first-order valence-corrected chi connectivity index (χ1v) is 8.29. The van der Waals surface area contributed by atoms with Crippen LogP contribution >= 0.6 is 0 Å². The molecule has 1 heterocycles. The Kier molecular flexibility index (Phi) is 3.14. The molecule has 108 valence electrons. The molecule has 21 heavy (non-hydrogen) atoms. The molecule has 1 atom stereocenters. The van der Waals surface area contributed by atoms with Crippen molar-refractivity contribution in [1.29, 1.82) is 0 Å². The van der Waals surface area contributed by atoms with E-state index in [0.29, 0.717) is 16.0 Å². The Morgan fingerprint density at radius 2 is 1.76 bits per heavy atom. The maximum atomic E-state index is 13.8. The Hall–Kier alpha value is -2.07. The van der Waals surface area contributed by atoms with E-state index >= 15 is 0 Å². The number of hydrogen-bond donors (Lipinski definition) is 0. The van der Waals surface area contributed by atoms with Gasteiger partial charge >= 0.3 is 0 Å². The van der Waals surface area contributed by atoms with Gasteiger partial charge in [-0.05, 0) is 55.6 Å². The molecule has 0 saturated heterocycles. The second kappa shape index (κ2) is 4.74. The van der Waals surface area contributed by atoms with Crippen molar-refractivity contribution in [3.63, 3.8) is 0 Å². The van der Waals surface area contributed by atoms with Crippen LogP contribution in [0.1, 0.15) is 11.1 Å². The number of aryl methyl sites for hydroxylation is 2. The maximum Gasteiger partial charge on any atom is 0.128 e. The normalized spacial score (nSPS) is 14.2. The summed E-state index contributed by atoms with van der Waals surface area (Å²) >= 11 is 0. The van der Waals surface area contributed by atoms with Crippen LogP contribution in [0.2, 0.25) is 0 Å². The van der Waals surface area contributed by atoms with Crippen molar-refractivity contribution in [2.45, 2.75) is 18.7 Å². The second-order valence-corrected chi connectivity index (χ2v) is 7.40. The van der Waals surface area contributed by atoms with Gasteiger partial charge < -0.3 is 0 Å². The number of hydrogen-bond acceptors (Lipinski definition) is 1. The van der Waals surface area contributed by atoms with Gasteiger partial charge in [-0.2, -0.15) is 0 Å². The summed E-state index contributed by atoms with van der Waals surface area (Å²) < 4.78 is 28.5. The van der Waals surface area contributed by atoms with Crippen LogP contribution in [0.15, 0.2) is 53.6 Å². The zero-order valence-electron chi connectivity index (χ0n) is 12.0. The van der Waals surface area contributed by atoms with Crippen molar-refractivity contribution < 1.29 is 8.60 Å². The molecule has 0 fully saturated rings.